The number of amides is 1. The zero-order valence-corrected chi connectivity index (χ0v) is 9.77. The van der Waals surface area contributed by atoms with Crippen LogP contribution in [0.5, 0.6) is 0 Å². The Bertz CT molecular complexity index is 349. The van der Waals surface area contributed by atoms with E-state index in [1.54, 1.807) is 6.92 Å². The van der Waals surface area contributed by atoms with Crippen LogP contribution in [0.3, 0.4) is 0 Å². The number of aryl methyl sites for hydroxylation is 1. The first-order valence-electron chi connectivity index (χ1n) is 5.25. The molecular formula is C11H17N3O2. The van der Waals surface area contributed by atoms with Crippen molar-refractivity contribution >= 4 is 5.91 Å². The van der Waals surface area contributed by atoms with Gasteiger partial charge in [-0.3, -0.25) is 9.78 Å². The third-order valence-corrected chi connectivity index (χ3v) is 2.25. The number of nitrogens with one attached hydrogen (secondary N) is 1. The summed E-state index contributed by atoms with van der Waals surface area (Å²) in [6.45, 7) is 5.81. The summed E-state index contributed by atoms with van der Waals surface area (Å²) >= 11 is 0. The smallest absolute Gasteiger partial charge is 0.271 e. The van der Waals surface area contributed by atoms with E-state index in [4.69, 9.17) is 0 Å². The van der Waals surface area contributed by atoms with Crippen molar-refractivity contribution in [3.05, 3.63) is 23.8 Å². The van der Waals surface area contributed by atoms with Crippen molar-refractivity contribution in [2.24, 2.45) is 5.92 Å². The Labute approximate surface area is 94.9 Å². The fourth-order valence-corrected chi connectivity index (χ4v) is 1.03. The van der Waals surface area contributed by atoms with E-state index in [1.807, 2.05) is 13.8 Å². The molecule has 0 bridgehead atoms. The van der Waals surface area contributed by atoms with E-state index in [1.165, 1.54) is 12.4 Å². The van der Waals surface area contributed by atoms with Crippen LogP contribution in [0.15, 0.2) is 12.4 Å². The quantitative estimate of drug-likeness (QED) is 0.780. The van der Waals surface area contributed by atoms with Gasteiger partial charge >= 0.3 is 0 Å². The zero-order chi connectivity index (χ0) is 12.1. The molecule has 1 rings (SSSR count). The molecule has 1 heterocycles. The number of hydrogen-bond acceptors (Lipinski definition) is 4. The zero-order valence-electron chi connectivity index (χ0n) is 9.77. The summed E-state index contributed by atoms with van der Waals surface area (Å²) in [5, 5.41) is 12.1. The highest BCUT2D eigenvalue weighted by Gasteiger charge is 2.12. The average Bonchev–Trinajstić information content (AvgIpc) is 2.26. The highest BCUT2D eigenvalue weighted by molar-refractivity contribution is 5.91. The normalized spacial score (nSPS) is 12.6. The Morgan fingerprint density at radius 1 is 1.44 bits per heavy atom. The van der Waals surface area contributed by atoms with E-state index in [2.05, 4.69) is 15.3 Å². The van der Waals surface area contributed by atoms with Crippen molar-refractivity contribution in [2.75, 3.05) is 6.54 Å². The monoisotopic (exact) mass is 223 g/mol. The van der Waals surface area contributed by atoms with E-state index in [-0.39, 0.29) is 24.1 Å². The van der Waals surface area contributed by atoms with Crippen LogP contribution in [0.2, 0.25) is 0 Å². The van der Waals surface area contributed by atoms with E-state index in [9.17, 15) is 9.90 Å². The largest absolute Gasteiger partial charge is 0.391 e. The van der Waals surface area contributed by atoms with E-state index in [0.717, 1.165) is 5.69 Å². The van der Waals surface area contributed by atoms with Crippen LogP contribution in [0.1, 0.15) is 30.0 Å². The minimum Gasteiger partial charge on any atom is -0.391 e. The average molecular weight is 223 g/mol. The van der Waals surface area contributed by atoms with Gasteiger partial charge in [-0.2, -0.15) is 0 Å². The van der Waals surface area contributed by atoms with Crippen LogP contribution < -0.4 is 5.32 Å². The van der Waals surface area contributed by atoms with Gasteiger partial charge in [-0.25, -0.2) is 4.98 Å². The molecule has 2 N–H and O–H groups in total. The van der Waals surface area contributed by atoms with Crippen molar-refractivity contribution < 1.29 is 9.90 Å². The maximum absolute atomic E-state index is 11.6. The van der Waals surface area contributed by atoms with Gasteiger partial charge in [0.1, 0.15) is 5.69 Å². The number of nitrogens with zero attached hydrogens (tertiary/aromatic N) is 2. The summed E-state index contributed by atoms with van der Waals surface area (Å²) in [6.07, 6.45) is 2.42. The van der Waals surface area contributed by atoms with E-state index >= 15 is 0 Å². The highest BCUT2D eigenvalue weighted by Crippen LogP contribution is 2.00. The molecule has 0 saturated carbocycles. The van der Waals surface area contributed by atoms with Gasteiger partial charge in [-0.15, -0.1) is 0 Å². The van der Waals surface area contributed by atoms with Gasteiger partial charge in [-0.05, 0) is 12.8 Å². The molecule has 5 heteroatoms. The van der Waals surface area contributed by atoms with Crippen LogP contribution in [-0.2, 0) is 0 Å². The van der Waals surface area contributed by atoms with E-state index < -0.39 is 6.10 Å². The van der Waals surface area contributed by atoms with Gasteiger partial charge in [-0.1, -0.05) is 13.8 Å². The summed E-state index contributed by atoms with van der Waals surface area (Å²) in [5.41, 5.74) is 1.03. The summed E-state index contributed by atoms with van der Waals surface area (Å²) in [5.74, 6) is -0.198. The topological polar surface area (TPSA) is 75.1 Å². The van der Waals surface area contributed by atoms with Crippen molar-refractivity contribution in [3.8, 4) is 0 Å². The second-order valence-electron chi connectivity index (χ2n) is 4.06. The molecule has 1 atom stereocenters. The summed E-state index contributed by atoms with van der Waals surface area (Å²) < 4.78 is 0. The molecule has 0 aliphatic rings. The first kappa shape index (κ1) is 12.6. The molecule has 1 aromatic rings. The number of rotatable bonds is 4. The number of aliphatic hydroxyl groups excluding tert-OH is 1. The van der Waals surface area contributed by atoms with Crippen LogP contribution in [-0.4, -0.2) is 33.6 Å². The minimum atomic E-state index is -0.539. The predicted octanol–water partition coefficient (Wildman–Crippen LogP) is 0.532. The Kier molecular flexibility index (Phi) is 4.37. The molecule has 1 unspecified atom stereocenters. The molecule has 0 radical (unpaired) electrons. The molecule has 0 spiro atoms. The summed E-state index contributed by atoms with van der Waals surface area (Å²) in [7, 11) is 0. The molecular weight excluding hydrogens is 206 g/mol. The Morgan fingerprint density at radius 2 is 2.12 bits per heavy atom. The molecule has 88 valence electrons. The number of carbonyl (C=O) groups is 1. The molecule has 16 heavy (non-hydrogen) atoms. The molecule has 5 nitrogen and oxygen atoms in total. The number of aromatic nitrogens is 2. The number of hydrogen-bond donors (Lipinski definition) is 2. The van der Waals surface area contributed by atoms with Gasteiger partial charge in [0.2, 0.25) is 0 Å². The SMILES string of the molecule is Cc1cnc(C(=O)NCC(O)C(C)C)cn1. The van der Waals surface area contributed by atoms with Crippen LogP contribution >= 0.6 is 0 Å². The molecule has 1 aromatic heterocycles. The van der Waals surface area contributed by atoms with Crippen molar-refractivity contribution in [2.45, 2.75) is 26.9 Å². The molecule has 0 fully saturated rings. The lowest BCUT2D eigenvalue weighted by Gasteiger charge is -2.14. The third kappa shape index (κ3) is 3.58. The maximum Gasteiger partial charge on any atom is 0.271 e. The lowest BCUT2D eigenvalue weighted by atomic mass is 10.1. The fourth-order valence-electron chi connectivity index (χ4n) is 1.03. The second kappa shape index (κ2) is 5.55. The lowest BCUT2D eigenvalue weighted by Crippen LogP contribution is -2.35. The Balaban J connectivity index is 2.50. The standard InChI is InChI=1S/C11H17N3O2/c1-7(2)10(15)6-14-11(16)9-5-12-8(3)4-13-9/h4-5,7,10,15H,6H2,1-3H3,(H,14,16). The maximum atomic E-state index is 11.6. The first-order chi connectivity index (χ1) is 7.50. The van der Waals surface area contributed by atoms with Crippen molar-refractivity contribution in [3.63, 3.8) is 0 Å². The molecule has 0 aromatic carbocycles. The van der Waals surface area contributed by atoms with Gasteiger partial charge < -0.3 is 10.4 Å². The molecule has 1 amide bonds. The third-order valence-electron chi connectivity index (χ3n) is 2.25. The van der Waals surface area contributed by atoms with Crippen molar-refractivity contribution in [1.82, 2.24) is 15.3 Å². The predicted molar refractivity (Wildman–Crippen MR) is 59.9 cm³/mol. The summed E-state index contributed by atoms with van der Waals surface area (Å²) in [6, 6.07) is 0. The first-order valence-corrected chi connectivity index (χ1v) is 5.25. The fraction of sp³-hybridized carbons (Fsp3) is 0.545. The van der Waals surface area contributed by atoms with Gasteiger partial charge in [0, 0.05) is 12.7 Å². The number of carbonyl (C=O) groups excluding carboxylic acids is 1. The molecule has 0 aliphatic heterocycles. The van der Waals surface area contributed by atoms with Crippen LogP contribution in [0, 0.1) is 12.8 Å². The van der Waals surface area contributed by atoms with Crippen LogP contribution in [0.4, 0.5) is 0 Å². The van der Waals surface area contributed by atoms with Gasteiger partial charge in [0.15, 0.2) is 0 Å². The van der Waals surface area contributed by atoms with Gasteiger partial charge in [0.25, 0.3) is 5.91 Å². The second-order valence-corrected chi connectivity index (χ2v) is 4.06. The molecule has 0 aliphatic carbocycles. The van der Waals surface area contributed by atoms with Gasteiger partial charge in [0.05, 0.1) is 18.0 Å². The molecule has 0 saturated heterocycles. The lowest BCUT2D eigenvalue weighted by molar-refractivity contribution is 0.0866. The van der Waals surface area contributed by atoms with Crippen molar-refractivity contribution in [1.29, 1.82) is 0 Å². The minimum absolute atomic E-state index is 0.115. The van der Waals surface area contributed by atoms with E-state index in [0.29, 0.717) is 0 Å². The highest BCUT2D eigenvalue weighted by atomic mass is 16.3. The summed E-state index contributed by atoms with van der Waals surface area (Å²) in [4.78, 5) is 19.5. The number of aliphatic hydroxyl groups is 1. The van der Waals surface area contributed by atoms with Crippen LogP contribution in [0.25, 0.3) is 0 Å². The Morgan fingerprint density at radius 3 is 2.62 bits per heavy atom. The Hall–Kier alpha value is -1.49.